The minimum Gasteiger partial charge on any atom is -0.423 e. The summed E-state index contributed by atoms with van der Waals surface area (Å²) >= 11 is 0. The van der Waals surface area contributed by atoms with Crippen molar-refractivity contribution >= 4 is 11.9 Å². The second kappa shape index (κ2) is 11.1. The summed E-state index contributed by atoms with van der Waals surface area (Å²) in [6, 6.07) is 22.9. The number of hydrogen-bond donors (Lipinski definition) is 0. The number of carbonyl (C=O) groups is 2. The number of rotatable bonds is 8. The lowest BCUT2D eigenvalue weighted by Gasteiger charge is -2.32. The van der Waals surface area contributed by atoms with E-state index in [9.17, 15) is 9.59 Å². The number of fused-ring (bicyclic) bond motifs is 3. The number of ether oxygens (including phenoxy) is 2. The Morgan fingerprint density at radius 1 is 0.821 bits per heavy atom. The Morgan fingerprint density at radius 2 is 1.38 bits per heavy atom. The van der Waals surface area contributed by atoms with Crippen LogP contribution in [0, 0.1) is 6.92 Å². The highest BCUT2D eigenvalue weighted by Crippen LogP contribution is 2.54. The molecule has 39 heavy (non-hydrogen) atoms. The first-order valence-electron chi connectivity index (χ1n) is 13.0. The Kier molecular flexibility index (Phi) is 7.87. The minimum absolute atomic E-state index is 0.347. The maximum atomic E-state index is 12.2. The van der Waals surface area contributed by atoms with Crippen molar-refractivity contribution in [3.63, 3.8) is 0 Å². The van der Waals surface area contributed by atoms with Crippen LogP contribution in [-0.2, 0) is 19.7 Å². The molecule has 0 aliphatic heterocycles. The summed E-state index contributed by atoms with van der Waals surface area (Å²) in [6.45, 7) is 16.4. The number of hydrogen-bond acceptors (Lipinski definition) is 4. The number of allylic oxidation sites excluding steroid dienone is 3. The third-order valence-corrected chi connectivity index (χ3v) is 7.02. The minimum atomic E-state index is -0.504. The quantitative estimate of drug-likeness (QED) is 0.0993. The van der Waals surface area contributed by atoms with Crippen LogP contribution in [0.4, 0.5) is 0 Å². The van der Waals surface area contributed by atoms with Gasteiger partial charge in [0, 0.05) is 16.6 Å². The topological polar surface area (TPSA) is 52.6 Å². The van der Waals surface area contributed by atoms with Gasteiger partial charge in [-0.2, -0.15) is 0 Å². The molecular formula is C35H34O4. The van der Waals surface area contributed by atoms with Gasteiger partial charge in [-0.25, -0.2) is 9.59 Å². The maximum Gasteiger partial charge on any atom is 0.338 e. The molecule has 0 amide bonds. The Bertz CT molecular complexity index is 1500. The van der Waals surface area contributed by atoms with Gasteiger partial charge in [-0.15, -0.1) is 0 Å². The zero-order valence-corrected chi connectivity index (χ0v) is 23.3. The zero-order valence-electron chi connectivity index (χ0n) is 23.3. The van der Waals surface area contributed by atoms with Gasteiger partial charge in [0.15, 0.2) is 0 Å². The Hall–Kier alpha value is -4.44. The second-order valence-corrected chi connectivity index (χ2v) is 10.3. The zero-order chi connectivity index (χ0) is 28.3. The molecular weight excluding hydrogens is 484 g/mol. The lowest BCUT2D eigenvalue weighted by molar-refractivity contribution is -0.134. The van der Waals surface area contributed by atoms with Gasteiger partial charge in [-0.05, 0) is 92.1 Å². The van der Waals surface area contributed by atoms with Crippen LogP contribution in [0.15, 0.2) is 115 Å². The molecule has 1 aliphatic carbocycles. The van der Waals surface area contributed by atoms with Crippen LogP contribution in [0.5, 0.6) is 5.75 Å². The van der Waals surface area contributed by atoms with E-state index in [-0.39, 0.29) is 0 Å². The maximum absolute atomic E-state index is 12.2. The van der Waals surface area contributed by atoms with E-state index >= 15 is 0 Å². The van der Waals surface area contributed by atoms with Gasteiger partial charge >= 0.3 is 11.9 Å². The average molecular weight is 519 g/mol. The van der Waals surface area contributed by atoms with Crippen molar-refractivity contribution in [1.82, 2.24) is 0 Å². The molecule has 0 saturated heterocycles. The van der Waals surface area contributed by atoms with Crippen molar-refractivity contribution in [2.75, 3.05) is 0 Å². The van der Waals surface area contributed by atoms with Crippen molar-refractivity contribution in [1.29, 1.82) is 0 Å². The summed E-state index contributed by atoms with van der Waals surface area (Å²) in [5.74, 6) is 0.128. The van der Waals surface area contributed by atoms with E-state index in [4.69, 9.17) is 9.47 Å². The van der Waals surface area contributed by atoms with Crippen LogP contribution in [0.1, 0.15) is 56.4 Å². The molecule has 4 nitrogen and oxygen atoms in total. The highest BCUT2D eigenvalue weighted by atomic mass is 16.5. The number of aryl methyl sites for hydroxylation is 1. The summed E-state index contributed by atoms with van der Waals surface area (Å²) in [4.78, 5) is 24.4. The van der Waals surface area contributed by atoms with Gasteiger partial charge < -0.3 is 9.47 Å². The lowest BCUT2D eigenvalue weighted by atomic mass is 9.69. The Balaban J connectivity index is 1.85. The molecule has 0 bridgehead atoms. The van der Waals surface area contributed by atoms with E-state index in [2.05, 4.69) is 73.8 Å². The molecule has 4 heteroatoms. The van der Waals surface area contributed by atoms with Crippen molar-refractivity contribution in [3.8, 4) is 16.9 Å². The van der Waals surface area contributed by atoms with E-state index in [1.165, 1.54) is 22.3 Å². The summed E-state index contributed by atoms with van der Waals surface area (Å²) in [5, 5.41) is 0. The molecule has 0 saturated carbocycles. The van der Waals surface area contributed by atoms with Crippen LogP contribution < -0.4 is 4.74 Å². The standard InChI is InChI=1S/C35H34O4/c1-22(2)31(38-33(36)23(3)4)17-12-20-35(26-18-19-32(25(7)21-26)39-34(37)24(5)6)29-15-10-8-13-27(29)28-14-9-11-16-30(28)35/h8-19,21H,3,5,20H2,1-2,4,6-7H3/b17-12-. The Morgan fingerprint density at radius 3 is 1.90 bits per heavy atom. The van der Waals surface area contributed by atoms with Crippen LogP contribution in [0.2, 0.25) is 0 Å². The fraction of sp³-hybridized carbons (Fsp3) is 0.200. The van der Waals surface area contributed by atoms with Gasteiger partial charge in [0.2, 0.25) is 0 Å². The largest absolute Gasteiger partial charge is 0.423 e. The molecule has 0 heterocycles. The monoisotopic (exact) mass is 518 g/mol. The number of benzene rings is 3. The van der Waals surface area contributed by atoms with E-state index in [1.54, 1.807) is 13.8 Å². The summed E-state index contributed by atoms with van der Waals surface area (Å²) < 4.78 is 11.2. The molecule has 0 aromatic heterocycles. The number of esters is 2. The normalized spacial score (nSPS) is 12.8. The predicted octanol–water partition coefficient (Wildman–Crippen LogP) is 8.15. The molecule has 3 aromatic carbocycles. The molecule has 3 aromatic rings. The molecule has 0 N–H and O–H groups in total. The third-order valence-electron chi connectivity index (χ3n) is 7.02. The molecule has 4 rings (SSSR count). The first-order chi connectivity index (χ1) is 18.6. The fourth-order valence-electron chi connectivity index (χ4n) is 5.02. The summed E-state index contributed by atoms with van der Waals surface area (Å²) in [5.41, 5.74) is 7.78. The van der Waals surface area contributed by atoms with E-state index in [1.807, 2.05) is 39.0 Å². The van der Waals surface area contributed by atoms with E-state index < -0.39 is 17.4 Å². The molecule has 0 fully saturated rings. The molecule has 198 valence electrons. The van der Waals surface area contributed by atoms with Gasteiger partial charge in [-0.1, -0.05) is 79.9 Å². The second-order valence-electron chi connectivity index (χ2n) is 10.3. The SMILES string of the molecule is C=C(C)C(=O)OC(/C=C\CC1(c2ccc(OC(=O)C(=C)C)c(C)c2)c2ccccc2-c2ccccc21)=C(C)C. The smallest absolute Gasteiger partial charge is 0.338 e. The highest BCUT2D eigenvalue weighted by molar-refractivity contribution is 5.89. The predicted molar refractivity (Wildman–Crippen MR) is 156 cm³/mol. The van der Waals surface area contributed by atoms with Crippen LogP contribution >= 0.6 is 0 Å². The van der Waals surface area contributed by atoms with Crippen LogP contribution in [-0.4, -0.2) is 11.9 Å². The Labute approximate surface area is 231 Å². The third kappa shape index (κ3) is 5.28. The lowest BCUT2D eigenvalue weighted by Crippen LogP contribution is -2.26. The van der Waals surface area contributed by atoms with Crippen molar-refractivity contribution in [3.05, 3.63) is 137 Å². The van der Waals surface area contributed by atoms with Crippen molar-refractivity contribution in [2.45, 2.75) is 46.5 Å². The van der Waals surface area contributed by atoms with Crippen molar-refractivity contribution in [2.24, 2.45) is 0 Å². The summed E-state index contributed by atoms with van der Waals surface area (Å²) in [7, 11) is 0. The first kappa shape index (κ1) is 27.6. The number of carbonyl (C=O) groups excluding carboxylic acids is 2. The molecule has 0 spiro atoms. The van der Waals surface area contributed by atoms with Gasteiger partial charge in [-0.3, -0.25) is 0 Å². The highest BCUT2D eigenvalue weighted by Gasteiger charge is 2.43. The van der Waals surface area contributed by atoms with Crippen LogP contribution in [0.25, 0.3) is 11.1 Å². The van der Waals surface area contributed by atoms with Gasteiger partial charge in [0.1, 0.15) is 11.5 Å². The molecule has 0 radical (unpaired) electrons. The van der Waals surface area contributed by atoms with Gasteiger partial charge in [0.25, 0.3) is 0 Å². The van der Waals surface area contributed by atoms with Crippen LogP contribution in [0.3, 0.4) is 0 Å². The summed E-state index contributed by atoms with van der Waals surface area (Å²) in [6.07, 6.45) is 4.56. The molecule has 1 aliphatic rings. The average Bonchev–Trinajstić information content (AvgIpc) is 3.19. The fourth-order valence-corrected chi connectivity index (χ4v) is 5.02. The molecule has 0 atom stereocenters. The molecule has 0 unspecified atom stereocenters. The van der Waals surface area contributed by atoms with E-state index in [0.29, 0.717) is 29.1 Å². The first-order valence-corrected chi connectivity index (χ1v) is 13.0. The van der Waals surface area contributed by atoms with Gasteiger partial charge in [0.05, 0.1) is 0 Å². The van der Waals surface area contributed by atoms with Crippen molar-refractivity contribution < 1.29 is 19.1 Å². The van der Waals surface area contributed by atoms with E-state index in [0.717, 1.165) is 16.7 Å².